The molecule has 2 aromatic heterocycles. The molecule has 0 bridgehead atoms. The Labute approximate surface area is 123 Å². The van der Waals surface area contributed by atoms with Crippen LogP contribution in [0.1, 0.15) is 37.7 Å². The summed E-state index contributed by atoms with van der Waals surface area (Å²) in [6.45, 7) is 3.85. The van der Waals surface area contributed by atoms with Crippen molar-refractivity contribution in [3.8, 4) is 0 Å². The number of ether oxygens (including phenoxy) is 1. The van der Waals surface area contributed by atoms with Gasteiger partial charge in [-0.3, -0.25) is 4.68 Å². The highest BCUT2D eigenvalue weighted by Gasteiger charge is 2.23. The standard InChI is InChI=1S/C14H21ClN4O/c1-3-5-11-13-14(18(2)17-11)19(12(8-15)16-13)9-10-6-4-7-20-10/h10H,3-9H2,1-2H3. The quantitative estimate of drug-likeness (QED) is 0.797. The maximum absolute atomic E-state index is 6.07. The number of hydrogen-bond donors (Lipinski definition) is 0. The van der Waals surface area contributed by atoms with E-state index in [1.54, 1.807) is 0 Å². The van der Waals surface area contributed by atoms with Crippen molar-refractivity contribution < 1.29 is 4.74 Å². The van der Waals surface area contributed by atoms with Gasteiger partial charge >= 0.3 is 0 Å². The highest BCUT2D eigenvalue weighted by atomic mass is 35.5. The van der Waals surface area contributed by atoms with Crippen LogP contribution in [-0.2, 0) is 30.6 Å². The van der Waals surface area contributed by atoms with Gasteiger partial charge in [0.05, 0.1) is 24.2 Å². The maximum Gasteiger partial charge on any atom is 0.158 e. The van der Waals surface area contributed by atoms with Crippen LogP contribution in [0.4, 0.5) is 0 Å². The van der Waals surface area contributed by atoms with Gasteiger partial charge in [0.15, 0.2) is 5.65 Å². The van der Waals surface area contributed by atoms with Crippen molar-refractivity contribution in [1.29, 1.82) is 0 Å². The van der Waals surface area contributed by atoms with Crippen molar-refractivity contribution in [2.75, 3.05) is 6.61 Å². The fourth-order valence-corrected chi connectivity index (χ4v) is 3.18. The van der Waals surface area contributed by atoms with E-state index in [1.807, 2.05) is 11.7 Å². The molecule has 1 saturated heterocycles. The number of halogens is 1. The highest BCUT2D eigenvalue weighted by molar-refractivity contribution is 6.16. The van der Waals surface area contributed by atoms with Crippen LogP contribution in [0, 0.1) is 0 Å². The second kappa shape index (κ2) is 5.74. The average Bonchev–Trinajstić information content (AvgIpc) is 3.11. The molecule has 5 nitrogen and oxygen atoms in total. The predicted octanol–water partition coefficient (Wildman–Crippen LogP) is 2.64. The van der Waals surface area contributed by atoms with E-state index in [-0.39, 0.29) is 6.10 Å². The van der Waals surface area contributed by atoms with Gasteiger partial charge in [-0.2, -0.15) is 5.10 Å². The fraction of sp³-hybridized carbons (Fsp3) is 0.714. The number of aromatic nitrogens is 4. The summed E-state index contributed by atoms with van der Waals surface area (Å²) in [4.78, 5) is 4.70. The van der Waals surface area contributed by atoms with Crippen LogP contribution in [0.25, 0.3) is 11.2 Å². The molecule has 6 heteroatoms. The van der Waals surface area contributed by atoms with Crippen molar-refractivity contribution in [1.82, 2.24) is 19.3 Å². The van der Waals surface area contributed by atoms with E-state index in [9.17, 15) is 0 Å². The van der Waals surface area contributed by atoms with Crippen molar-refractivity contribution in [2.45, 2.75) is 51.1 Å². The third kappa shape index (κ3) is 2.33. The first kappa shape index (κ1) is 13.9. The number of hydrogen-bond acceptors (Lipinski definition) is 3. The monoisotopic (exact) mass is 296 g/mol. The number of aryl methyl sites for hydroxylation is 2. The molecule has 3 rings (SSSR count). The predicted molar refractivity (Wildman–Crippen MR) is 79.0 cm³/mol. The molecule has 110 valence electrons. The van der Waals surface area contributed by atoms with Crippen molar-refractivity contribution >= 4 is 22.8 Å². The fourth-order valence-electron chi connectivity index (χ4n) is 2.98. The highest BCUT2D eigenvalue weighted by Crippen LogP contribution is 2.24. The normalized spacial score (nSPS) is 19.2. The Morgan fingerprint density at radius 3 is 2.95 bits per heavy atom. The SMILES string of the molecule is CCCc1nn(C)c2c1nc(CCl)n2CC1CCCO1. The molecule has 1 aliphatic rings. The Kier molecular flexibility index (Phi) is 3.98. The molecule has 2 aromatic rings. The molecular formula is C14H21ClN4O. The van der Waals surface area contributed by atoms with Gasteiger partial charge in [-0.15, -0.1) is 11.6 Å². The molecular weight excluding hydrogens is 276 g/mol. The van der Waals surface area contributed by atoms with Crippen LogP contribution >= 0.6 is 11.6 Å². The molecule has 0 radical (unpaired) electrons. The number of imidazole rings is 1. The lowest BCUT2D eigenvalue weighted by Crippen LogP contribution is -2.17. The number of nitrogens with zero attached hydrogens (tertiary/aromatic N) is 4. The van der Waals surface area contributed by atoms with Gasteiger partial charge < -0.3 is 9.30 Å². The average molecular weight is 297 g/mol. The molecule has 3 heterocycles. The van der Waals surface area contributed by atoms with Gasteiger partial charge in [0.25, 0.3) is 0 Å². The smallest absolute Gasteiger partial charge is 0.158 e. The number of alkyl halides is 1. The van der Waals surface area contributed by atoms with Crippen molar-refractivity contribution in [3.05, 3.63) is 11.5 Å². The Bertz CT molecular complexity index is 598. The topological polar surface area (TPSA) is 44.9 Å². The molecule has 1 fully saturated rings. The summed E-state index contributed by atoms with van der Waals surface area (Å²) in [7, 11) is 1.98. The first-order chi connectivity index (χ1) is 9.74. The van der Waals surface area contributed by atoms with E-state index in [0.717, 1.165) is 61.5 Å². The second-order valence-corrected chi connectivity index (χ2v) is 5.67. The largest absolute Gasteiger partial charge is 0.376 e. The summed E-state index contributed by atoms with van der Waals surface area (Å²) in [5.41, 5.74) is 3.14. The van der Waals surface area contributed by atoms with E-state index in [2.05, 4.69) is 16.6 Å². The summed E-state index contributed by atoms with van der Waals surface area (Å²) < 4.78 is 9.86. The third-order valence-electron chi connectivity index (χ3n) is 3.89. The lowest BCUT2D eigenvalue weighted by molar-refractivity contribution is 0.0971. The molecule has 0 aromatic carbocycles. The van der Waals surface area contributed by atoms with Gasteiger partial charge in [0.2, 0.25) is 0 Å². The van der Waals surface area contributed by atoms with E-state index in [1.165, 1.54) is 0 Å². The van der Waals surface area contributed by atoms with E-state index >= 15 is 0 Å². The Morgan fingerprint density at radius 2 is 2.30 bits per heavy atom. The van der Waals surface area contributed by atoms with Crippen LogP contribution in [0.15, 0.2) is 0 Å². The van der Waals surface area contributed by atoms with Crippen LogP contribution in [-0.4, -0.2) is 32.0 Å². The zero-order valence-corrected chi connectivity index (χ0v) is 12.9. The molecule has 0 aliphatic carbocycles. The Morgan fingerprint density at radius 1 is 1.45 bits per heavy atom. The summed E-state index contributed by atoms with van der Waals surface area (Å²) in [6, 6.07) is 0. The second-order valence-electron chi connectivity index (χ2n) is 5.40. The van der Waals surface area contributed by atoms with Gasteiger partial charge in [-0.1, -0.05) is 13.3 Å². The van der Waals surface area contributed by atoms with Gasteiger partial charge in [0, 0.05) is 13.7 Å². The first-order valence-corrected chi connectivity index (χ1v) is 7.86. The number of fused-ring (bicyclic) bond motifs is 1. The molecule has 1 unspecified atom stereocenters. The van der Waals surface area contributed by atoms with E-state index < -0.39 is 0 Å². The minimum atomic E-state index is 0.277. The summed E-state index contributed by atoms with van der Waals surface area (Å²) in [5.74, 6) is 1.34. The number of rotatable bonds is 5. The van der Waals surface area contributed by atoms with Gasteiger partial charge in [-0.25, -0.2) is 4.98 Å². The Hall–Kier alpha value is -1.07. The van der Waals surface area contributed by atoms with Crippen molar-refractivity contribution in [3.63, 3.8) is 0 Å². The maximum atomic E-state index is 6.07. The van der Waals surface area contributed by atoms with Crippen LogP contribution in [0.5, 0.6) is 0 Å². The van der Waals surface area contributed by atoms with Gasteiger partial charge in [-0.05, 0) is 19.3 Å². The Balaban J connectivity index is 2.03. The van der Waals surface area contributed by atoms with Gasteiger partial charge in [0.1, 0.15) is 11.3 Å². The molecule has 20 heavy (non-hydrogen) atoms. The minimum Gasteiger partial charge on any atom is -0.376 e. The zero-order valence-electron chi connectivity index (χ0n) is 12.1. The molecule has 1 aliphatic heterocycles. The lowest BCUT2D eigenvalue weighted by Gasteiger charge is -2.13. The molecule has 0 spiro atoms. The molecule has 0 N–H and O–H groups in total. The molecule has 0 saturated carbocycles. The first-order valence-electron chi connectivity index (χ1n) is 7.33. The molecule has 0 amide bonds. The van der Waals surface area contributed by atoms with E-state index in [0.29, 0.717) is 5.88 Å². The van der Waals surface area contributed by atoms with Crippen LogP contribution < -0.4 is 0 Å². The lowest BCUT2D eigenvalue weighted by atomic mass is 10.2. The van der Waals surface area contributed by atoms with Crippen LogP contribution in [0.3, 0.4) is 0 Å². The molecule has 1 atom stereocenters. The summed E-state index contributed by atoms with van der Waals surface area (Å²) in [6.07, 6.45) is 4.56. The zero-order chi connectivity index (χ0) is 14.1. The third-order valence-corrected chi connectivity index (χ3v) is 4.13. The summed E-state index contributed by atoms with van der Waals surface area (Å²) >= 11 is 6.07. The van der Waals surface area contributed by atoms with Crippen LogP contribution in [0.2, 0.25) is 0 Å². The minimum absolute atomic E-state index is 0.277. The summed E-state index contributed by atoms with van der Waals surface area (Å²) in [5, 5.41) is 4.60. The van der Waals surface area contributed by atoms with E-state index in [4.69, 9.17) is 21.3 Å². The van der Waals surface area contributed by atoms with Crippen molar-refractivity contribution in [2.24, 2.45) is 7.05 Å².